The molecule has 0 saturated carbocycles. The largest absolute Gasteiger partial charge is 0.497 e. The van der Waals surface area contributed by atoms with Crippen molar-refractivity contribution >= 4 is 57.7 Å². The van der Waals surface area contributed by atoms with Gasteiger partial charge in [-0.3, -0.25) is 14.5 Å². The Balaban J connectivity index is 1.49. The van der Waals surface area contributed by atoms with Gasteiger partial charge in [-0.25, -0.2) is 14.6 Å². The maximum Gasteiger partial charge on any atom is 0.493 e. The number of carboxylic acid groups (broad SMARTS) is 1. The first kappa shape index (κ1) is 28.7. The van der Waals surface area contributed by atoms with E-state index in [1.807, 2.05) is 0 Å². The van der Waals surface area contributed by atoms with Gasteiger partial charge in [-0.1, -0.05) is 5.16 Å². The molecule has 1 fully saturated rings. The number of nitrogens with one attached hydrogen (secondary N) is 1. The van der Waals surface area contributed by atoms with Gasteiger partial charge in [-0.05, 0) is 24.3 Å². The fraction of sp³-hybridized carbons (Fsp3) is 0.273. The predicted molar refractivity (Wildman–Crippen MR) is 133 cm³/mol. The number of carboxylic acids is 1. The molecule has 212 valence electrons. The van der Waals surface area contributed by atoms with Gasteiger partial charge in [0.15, 0.2) is 10.8 Å². The Morgan fingerprint density at radius 2 is 1.93 bits per heavy atom. The summed E-state index contributed by atoms with van der Waals surface area (Å²) < 4.78 is 48.3. The number of carbonyl (C=O) groups is 4. The van der Waals surface area contributed by atoms with Crippen LogP contribution in [-0.2, 0) is 24.0 Å². The summed E-state index contributed by atoms with van der Waals surface area (Å²) in [5.41, 5.74) is 4.36. The summed E-state index contributed by atoms with van der Waals surface area (Å²) in [6.45, 7) is -0.138. The van der Waals surface area contributed by atoms with Crippen LogP contribution >= 0.6 is 23.1 Å². The average molecular weight is 602 g/mol. The third kappa shape index (κ3) is 5.96. The van der Waals surface area contributed by atoms with Crippen LogP contribution in [0, 0.1) is 0 Å². The minimum absolute atomic E-state index is 0.0630. The van der Waals surface area contributed by atoms with E-state index in [0.717, 1.165) is 28.0 Å². The van der Waals surface area contributed by atoms with E-state index in [2.05, 4.69) is 20.3 Å². The monoisotopic (exact) mass is 601 g/mol. The summed E-state index contributed by atoms with van der Waals surface area (Å²) in [5, 5.41) is 15.4. The number of nitrogens with zero attached hydrogens (tertiary/aromatic N) is 3. The summed E-state index contributed by atoms with van der Waals surface area (Å²) in [6, 6.07) is 5.29. The topological polar surface area (TPSA) is 183 Å². The van der Waals surface area contributed by atoms with Crippen LogP contribution in [0.25, 0.3) is 0 Å². The number of hydrogen-bond donors (Lipinski definition) is 3. The van der Waals surface area contributed by atoms with E-state index in [0.29, 0.717) is 17.1 Å². The smallest absolute Gasteiger partial charge is 0.493 e. The van der Waals surface area contributed by atoms with Crippen molar-refractivity contribution in [2.24, 2.45) is 5.16 Å². The summed E-state index contributed by atoms with van der Waals surface area (Å²) in [7, 11) is 1.50. The Morgan fingerprint density at radius 3 is 2.50 bits per heavy atom. The number of oxime groups is 1. The van der Waals surface area contributed by atoms with Crippen LogP contribution in [0.3, 0.4) is 0 Å². The maximum atomic E-state index is 12.9. The Bertz CT molecular complexity index is 1410. The Hall–Kier alpha value is -4.32. The highest BCUT2D eigenvalue weighted by Gasteiger charge is 2.54. The van der Waals surface area contributed by atoms with E-state index >= 15 is 0 Å². The Morgan fingerprint density at radius 1 is 1.25 bits per heavy atom. The lowest BCUT2D eigenvalue weighted by atomic mass is 10.0. The van der Waals surface area contributed by atoms with Gasteiger partial charge in [0.2, 0.25) is 0 Å². The number of ether oxygens (including phenoxy) is 2. The number of benzene rings is 1. The first-order valence-electron chi connectivity index (χ1n) is 11.0. The molecule has 0 bridgehead atoms. The quantitative estimate of drug-likeness (QED) is 0.163. The maximum absolute atomic E-state index is 12.9. The molecule has 2 aliphatic rings. The number of nitrogen functional groups attached to an aromatic ring is 1. The number of rotatable bonds is 9. The van der Waals surface area contributed by atoms with Crippen molar-refractivity contribution in [3.05, 3.63) is 46.6 Å². The van der Waals surface area contributed by atoms with E-state index in [1.165, 1.54) is 12.5 Å². The number of β-lactam (4-membered cyclic amide) rings is 1. The highest BCUT2D eigenvalue weighted by molar-refractivity contribution is 8.00. The number of thiazole rings is 1. The molecule has 2 amide bonds. The van der Waals surface area contributed by atoms with E-state index < -0.39 is 47.1 Å². The van der Waals surface area contributed by atoms with Gasteiger partial charge in [0.05, 0.1) is 7.11 Å². The Kier molecular flexibility index (Phi) is 8.19. The third-order valence-electron chi connectivity index (χ3n) is 5.44. The second kappa shape index (κ2) is 11.4. The first-order chi connectivity index (χ1) is 18.9. The minimum Gasteiger partial charge on any atom is -0.497 e. The molecule has 0 spiro atoms. The number of fused-ring (bicyclic) bond motifs is 1. The van der Waals surface area contributed by atoms with Gasteiger partial charge in [0, 0.05) is 16.7 Å². The number of nitrogens with two attached hydrogens (primary N) is 1. The third-order valence-corrected chi connectivity index (χ3v) is 7.45. The molecule has 0 aliphatic carbocycles. The van der Waals surface area contributed by atoms with E-state index in [-0.39, 0.29) is 28.9 Å². The zero-order valence-corrected chi connectivity index (χ0v) is 21.8. The van der Waals surface area contributed by atoms with Crippen molar-refractivity contribution in [1.29, 1.82) is 0 Å². The molecule has 4 rings (SSSR count). The lowest BCUT2D eigenvalue weighted by molar-refractivity contribution is -0.199. The molecule has 40 heavy (non-hydrogen) atoms. The van der Waals surface area contributed by atoms with Crippen LogP contribution in [0.15, 0.2) is 46.1 Å². The fourth-order valence-corrected chi connectivity index (χ4v) is 5.46. The molecule has 1 aromatic heterocycles. The molecule has 1 unspecified atom stereocenters. The molecule has 18 heteroatoms. The number of anilines is 1. The summed E-state index contributed by atoms with van der Waals surface area (Å²) in [6.07, 6.45) is -5.39. The highest BCUT2D eigenvalue weighted by Crippen LogP contribution is 2.40. The summed E-state index contributed by atoms with van der Waals surface area (Å²) in [4.78, 5) is 57.5. The van der Waals surface area contributed by atoms with Gasteiger partial charge < -0.3 is 30.5 Å². The molecule has 1 saturated heterocycles. The molecular formula is C22H18F3N5O8S2. The lowest BCUT2D eigenvalue weighted by Crippen LogP contribution is -2.71. The zero-order chi connectivity index (χ0) is 29.2. The Labute approximate surface area is 230 Å². The van der Waals surface area contributed by atoms with Gasteiger partial charge in [-0.2, -0.15) is 13.2 Å². The van der Waals surface area contributed by atoms with Gasteiger partial charge >= 0.3 is 18.1 Å². The second-order valence-electron chi connectivity index (χ2n) is 7.97. The molecule has 2 atom stereocenters. The van der Waals surface area contributed by atoms with Crippen LogP contribution in [0.2, 0.25) is 0 Å². The molecule has 3 heterocycles. The number of carbonyl (C=O) groups excluding carboxylic acids is 3. The predicted octanol–water partition coefficient (Wildman–Crippen LogP) is 1.36. The van der Waals surface area contributed by atoms with E-state index in [9.17, 15) is 37.5 Å². The second-order valence-corrected chi connectivity index (χ2v) is 9.96. The number of halogens is 3. The van der Waals surface area contributed by atoms with Crippen LogP contribution in [-0.4, -0.2) is 81.5 Å². The van der Waals surface area contributed by atoms with Crippen molar-refractivity contribution in [1.82, 2.24) is 15.2 Å². The molecule has 1 aromatic carbocycles. The van der Waals surface area contributed by atoms with Crippen LogP contribution < -0.4 is 20.5 Å². The molecule has 0 radical (unpaired) electrons. The number of alkyl halides is 3. The van der Waals surface area contributed by atoms with E-state index in [4.69, 9.17) is 15.2 Å². The van der Waals surface area contributed by atoms with Gasteiger partial charge in [-0.15, -0.1) is 23.1 Å². The normalized spacial score (nSPS) is 18.9. The number of thioether (sulfide) groups is 1. The van der Waals surface area contributed by atoms with Crippen molar-refractivity contribution in [3.8, 4) is 11.5 Å². The first-order valence-corrected chi connectivity index (χ1v) is 12.9. The number of amides is 2. The average Bonchev–Trinajstić information content (AvgIpc) is 3.35. The fourth-order valence-electron chi connectivity index (χ4n) is 3.59. The van der Waals surface area contributed by atoms with E-state index in [1.54, 1.807) is 24.3 Å². The van der Waals surface area contributed by atoms with Crippen molar-refractivity contribution in [3.63, 3.8) is 0 Å². The van der Waals surface area contributed by atoms with Gasteiger partial charge in [0.25, 0.3) is 11.8 Å². The highest BCUT2D eigenvalue weighted by atomic mass is 32.2. The van der Waals surface area contributed by atoms with Crippen LogP contribution in [0.4, 0.5) is 18.3 Å². The number of methoxy groups -OCH3 is 1. The van der Waals surface area contributed by atoms with Crippen LogP contribution in [0.5, 0.6) is 11.5 Å². The van der Waals surface area contributed by atoms with Gasteiger partial charge in [0.1, 0.15) is 40.9 Å². The molecule has 2 aromatic rings. The summed E-state index contributed by atoms with van der Waals surface area (Å²) in [5.74, 6) is -4.91. The van der Waals surface area contributed by atoms with Crippen molar-refractivity contribution in [2.75, 3.05) is 25.2 Å². The number of aromatic nitrogens is 1. The molecule has 4 N–H and O–H groups in total. The van der Waals surface area contributed by atoms with Crippen LogP contribution in [0.1, 0.15) is 5.69 Å². The summed E-state index contributed by atoms with van der Waals surface area (Å²) >= 11 is 1.96. The van der Waals surface area contributed by atoms with Crippen molar-refractivity contribution in [2.45, 2.75) is 17.6 Å². The molecular weight excluding hydrogens is 583 g/mol. The molecule has 2 aliphatic heterocycles. The number of hydrogen-bond acceptors (Lipinski definition) is 12. The minimum atomic E-state index is -5.39. The standard InChI is InChI=1S/C22H18F3N5O8S2/c1-36-10-2-4-11(5-3-10)37-6-9-7-39-18-14(17(32)30(18)15(9)19(33)34)28-16(31)13(12-8-40-21(26)27-12)29-38-20(35)22(23,24)25/h2-5,8,14,18H,6-7H2,1H3,(H2,26,27)(H,28,31)(H,33,34)/t14?,18-/m0/s1. The molecule has 13 nitrogen and oxygen atoms in total. The number of aliphatic carboxylic acids is 1. The lowest BCUT2D eigenvalue weighted by Gasteiger charge is -2.49. The van der Waals surface area contributed by atoms with Crippen molar-refractivity contribution < 1.29 is 51.8 Å². The zero-order valence-electron chi connectivity index (χ0n) is 20.1. The SMILES string of the molecule is COc1ccc(OCC2=C(C(=O)O)N3C(=O)C(NC(=O)C(=NOC(=O)C(F)(F)F)c4csc(N)n4)[C@@H]3SC2)cc1.